The van der Waals surface area contributed by atoms with E-state index in [1.165, 1.54) is 22.3 Å². The molecular formula is C36H26N4. The Hall–Kier alpha value is -5.09. The van der Waals surface area contributed by atoms with Crippen LogP contribution in [0.5, 0.6) is 0 Å². The minimum Gasteiger partial charge on any atom is -0.292 e. The summed E-state index contributed by atoms with van der Waals surface area (Å²) in [6, 6.07) is 38.1. The third-order valence-electron chi connectivity index (χ3n) is 8.28. The maximum Gasteiger partial charge on any atom is 0.138 e. The zero-order chi connectivity index (χ0) is 26.8. The largest absolute Gasteiger partial charge is 0.292 e. The van der Waals surface area contributed by atoms with E-state index in [1.807, 2.05) is 42.7 Å². The summed E-state index contributed by atoms with van der Waals surface area (Å²) in [5.41, 5.74) is 12.2. The molecule has 0 atom stereocenters. The van der Waals surface area contributed by atoms with E-state index in [2.05, 4.69) is 102 Å². The van der Waals surface area contributed by atoms with Crippen LogP contribution in [-0.4, -0.2) is 19.5 Å². The Morgan fingerprint density at radius 1 is 0.650 bits per heavy atom. The van der Waals surface area contributed by atoms with Crippen molar-refractivity contribution in [2.45, 2.75) is 19.3 Å². The fraction of sp³-hybridized carbons (Fsp3) is 0.0833. The molecule has 0 saturated heterocycles. The minimum atomic E-state index is -0.182. The van der Waals surface area contributed by atoms with Crippen LogP contribution in [0.25, 0.3) is 61.4 Å². The van der Waals surface area contributed by atoms with Crippen LogP contribution in [0, 0.1) is 0 Å². The van der Waals surface area contributed by atoms with Crippen LogP contribution in [0.3, 0.4) is 0 Å². The van der Waals surface area contributed by atoms with E-state index in [4.69, 9.17) is 9.97 Å². The van der Waals surface area contributed by atoms with E-state index in [-0.39, 0.29) is 5.41 Å². The molecule has 0 unspecified atom stereocenters. The third-order valence-corrected chi connectivity index (χ3v) is 8.28. The van der Waals surface area contributed by atoms with Crippen LogP contribution in [0.15, 0.2) is 122 Å². The van der Waals surface area contributed by atoms with Gasteiger partial charge in [0.2, 0.25) is 0 Å². The topological polar surface area (TPSA) is 43.6 Å². The molecule has 0 N–H and O–H groups in total. The predicted octanol–water partition coefficient (Wildman–Crippen LogP) is 8.61. The summed E-state index contributed by atoms with van der Waals surface area (Å²) in [5, 5.41) is 1.14. The fourth-order valence-electron chi connectivity index (χ4n) is 6.45. The zero-order valence-electron chi connectivity index (χ0n) is 22.3. The van der Waals surface area contributed by atoms with Crippen LogP contribution < -0.4 is 0 Å². The first-order valence-electron chi connectivity index (χ1n) is 13.6. The molecule has 0 bridgehead atoms. The second-order valence-electron chi connectivity index (χ2n) is 10.9. The van der Waals surface area contributed by atoms with Gasteiger partial charge in [0.25, 0.3) is 0 Å². The Balaban J connectivity index is 1.50. The molecule has 0 spiro atoms. The first kappa shape index (κ1) is 22.9. The molecule has 0 fully saturated rings. The summed E-state index contributed by atoms with van der Waals surface area (Å²) in [6.45, 7) is 4.67. The van der Waals surface area contributed by atoms with Gasteiger partial charge in [0, 0.05) is 28.8 Å². The number of pyridine rings is 3. The maximum atomic E-state index is 5.18. The predicted molar refractivity (Wildman–Crippen MR) is 163 cm³/mol. The molecule has 1 aliphatic rings. The SMILES string of the molecule is CC1(C)c2ccccc2-c2ccc3c4ncc(-c5ccccc5)cc4n(-c4cccc(-c5ccccn5)n4)c3c21. The van der Waals surface area contributed by atoms with Gasteiger partial charge in [-0.2, -0.15) is 0 Å². The Morgan fingerprint density at radius 2 is 1.45 bits per heavy atom. The molecule has 0 amide bonds. The Labute approximate surface area is 232 Å². The number of fused-ring (bicyclic) bond motifs is 7. The summed E-state index contributed by atoms with van der Waals surface area (Å²) < 4.78 is 2.32. The van der Waals surface area contributed by atoms with Gasteiger partial charge in [-0.1, -0.05) is 86.6 Å². The number of hydrogen-bond donors (Lipinski definition) is 0. The van der Waals surface area contributed by atoms with Crippen molar-refractivity contribution >= 4 is 21.9 Å². The van der Waals surface area contributed by atoms with E-state index in [0.717, 1.165) is 50.3 Å². The summed E-state index contributed by atoms with van der Waals surface area (Å²) in [4.78, 5) is 14.8. The molecule has 0 radical (unpaired) electrons. The molecule has 4 heteroatoms. The number of hydrogen-bond acceptors (Lipinski definition) is 3. The molecule has 1 aliphatic carbocycles. The third kappa shape index (κ3) is 3.23. The van der Waals surface area contributed by atoms with Crippen molar-refractivity contribution < 1.29 is 0 Å². The smallest absolute Gasteiger partial charge is 0.138 e. The van der Waals surface area contributed by atoms with E-state index >= 15 is 0 Å². The number of nitrogens with zero attached hydrogens (tertiary/aromatic N) is 4. The molecule has 0 saturated carbocycles. The van der Waals surface area contributed by atoms with E-state index in [9.17, 15) is 0 Å². The molecule has 0 aliphatic heterocycles. The Morgan fingerprint density at radius 3 is 2.30 bits per heavy atom. The van der Waals surface area contributed by atoms with Gasteiger partial charge in [-0.15, -0.1) is 0 Å². The minimum absolute atomic E-state index is 0.182. The second kappa shape index (κ2) is 8.45. The van der Waals surface area contributed by atoms with Gasteiger partial charge in [0.1, 0.15) is 5.82 Å². The highest BCUT2D eigenvalue weighted by molar-refractivity contribution is 6.11. The van der Waals surface area contributed by atoms with Crippen molar-refractivity contribution in [3.63, 3.8) is 0 Å². The van der Waals surface area contributed by atoms with Gasteiger partial charge in [-0.05, 0) is 64.2 Å². The molecule has 4 heterocycles. The monoisotopic (exact) mass is 514 g/mol. The van der Waals surface area contributed by atoms with Crippen LogP contribution in [0.4, 0.5) is 0 Å². The van der Waals surface area contributed by atoms with E-state index < -0.39 is 0 Å². The quantitative estimate of drug-likeness (QED) is 0.237. The second-order valence-corrected chi connectivity index (χ2v) is 10.9. The van der Waals surface area contributed by atoms with Crippen LogP contribution in [-0.2, 0) is 5.41 Å². The van der Waals surface area contributed by atoms with Crippen molar-refractivity contribution in [3.8, 4) is 39.5 Å². The summed E-state index contributed by atoms with van der Waals surface area (Å²) in [7, 11) is 0. The normalized spacial score (nSPS) is 13.4. The van der Waals surface area contributed by atoms with Crippen LogP contribution >= 0.6 is 0 Å². The van der Waals surface area contributed by atoms with E-state index in [0.29, 0.717) is 0 Å². The molecule has 4 nitrogen and oxygen atoms in total. The summed E-state index contributed by atoms with van der Waals surface area (Å²) in [5.74, 6) is 0.857. The highest BCUT2D eigenvalue weighted by Gasteiger charge is 2.38. The molecular weight excluding hydrogens is 488 g/mol. The first-order valence-corrected chi connectivity index (χ1v) is 13.6. The van der Waals surface area contributed by atoms with Crippen LogP contribution in [0.1, 0.15) is 25.0 Å². The Bertz CT molecular complexity index is 2070. The average molecular weight is 515 g/mol. The molecule has 40 heavy (non-hydrogen) atoms. The molecule has 190 valence electrons. The van der Waals surface area contributed by atoms with Crippen molar-refractivity contribution in [2.75, 3.05) is 0 Å². The van der Waals surface area contributed by atoms with Gasteiger partial charge >= 0.3 is 0 Å². The van der Waals surface area contributed by atoms with E-state index in [1.54, 1.807) is 0 Å². The number of aromatic nitrogens is 4. The highest BCUT2D eigenvalue weighted by Crippen LogP contribution is 2.52. The lowest BCUT2D eigenvalue weighted by atomic mass is 9.81. The van der Waals surface area contributed by atoms with Crippen molar-refractivity contribution in [1.29, 1.82) is 0 Å². The highest BCUT2D eigenvalue weighted by atomic mass is 15.1. The lowest BCUT2D eigenvalue weighted by Gasteiger charge is -2.23. The average Bonchev–Trinajstić information content (AvgIpc) is 3.46. The summed E-state index contributed by atoms with van der Waals surface area (Å²) in [6.07, 6.45) is 3.80. The zero-order valence-corrected chi connectivity index (χ0v) is 22.3. The molecule has 7 aromatic rings. The Kier molecular flexibility index (Phi) is 4.83. The standard InChI is InChI=1S/C36H26N4/c1-36(2)28-14-7-6-13-25(28)26-18-19-27-34-31(21-24(22-38-34)23-11-4-3-5-12-23)40(35(27)33(26)36)32-17-10-16-30(39-32)29-15-8-9-20-37-29/h3-22H,1-2H3. The van der Waals surface area contributed by atoms with Gasteiger partial charge in [-0.25, -0.2) is 4.98 Å². The van der Waals surface area contributed by atoms with Crippen LogP contribution in [0.2, 0.25) is 0 Å². The van der Waals surface area contributed by atoms with Crippen molar-refractivity contribution in [2.24, 2.45) is 0 Å². The van der Waals surface area contributed by atoms with Crippen molar-refractivity contribution in [1.82, 2.24) is 19.5 Å². The number of benzene rings is 3. The molecule has 4 aromatic heterocycles. The lowest BCUT2D eigenvalue weighted by Crippen LogP contribution is -2.16. The maximum absolute atomic E-state index is 5.18. The molecule has 3 aromatic carbocycles. The first-order chi connectivity index (χ1) is 19.6. The van der Waals surface area contributed by atoms with Gasteiger partial charge < -0.3 is 0 Å². The lowest BCUT2D eigenvalue weighted by molar-refractivity contribution is 0.663. The number of rotatable bonds is 3. The van der Waals surface area contributed by atoms with Gasteiger partial charge in [-0.3, -0.25) is 14.5 Å². The van der Waals surface area contributed by atoms with Gasteiger partial charge in [0.05, 0.1) is 27.9 Å². The summed E-state index contributed by atoms with van der Waals surface area (Å²) >= 11 is 0. The van der Waals surface area contributed by atoms with Gasteiger partial charge in [0.15, 0.2) is 0 Å². The fourth-order valence-corrected chi connectivity index (χ4v) is 6.45. The van der Waals surface area contributed by atoms with Crippen molar-refractivity contribution in [3.05, 3.63) is 133 Å². The molecule has 8 rings (SSSR count).